The molecule has 1 atom stereocenters. The van der Waals surface area contributed by atoms with Crippen LogP contribution in [-0.2, 0) is 0 Å². The molecule has 0 saturated carbocycles. The average molecular weight is 258 g/mol. The zero-order valence-electron chi connectivity index (χ0n) is 9.24. The fraction of sp³-hybridized carbons (Fsp3) is 0.364. The molecular formula is C11H12F2N2OS. The molecule has 0 spiro atoms. The van der Waals surface area contributed by atoms with E-state index < -0.39 is 11.6 Å². The Morgan fingerprint density at radius 1 is 1.53 bits per heavy atom. The highest BCUT2D eigenvalue weighted by atomic mass is 32.2. The Morgan fingerprint density at radius 2 is 2.29 bits per heavy atom. The van der Waals surface area contributed by atoms with E-state index in [0.29, 0.717) is 6.54 Å². The van der Waals surface area contributed by atoms with Crippen molar-refractivity contribution in [1.29, 1.82) is 0 Å². The molecule has 0 aromatic heterocycles. The molecule has 0 radical (unpaired) electrons. The number of nitrogens with zero attached hydrogens (tertiary/aromatic N) is 1. The zero-order valence-corrected chi connectivity index (χ0v) is 10.1. The molecule has 1 aromatic carbocycles. The van der Waals surface area contributed by atoms with Crippen molar-refractivity contribution in [3.05, 3.63) is 29.8 Å². The SMILES string of the molecule is CC1SCCN1C(=O)Nc1ccc(F)cc1F. The summed E-state index contributed by atoms with van der Waals surface area (Å²) in [7, 11) is 0. The van der Waals surface area contributed by atoms with Crippen LogP contribution in [0.4, 0.5) is 19.3 Å². The highest BCUT2D eigenvalue weighted by molar-refractivity contribution is 8.00. The van der Waals surface area contributed by atoms with Crippen LogP contribution in [0.1, 0.15) is 6.92 Å². The van der Waals surface area contributed by atoms with Gasteiger partial charge >= 0.3 is 6.03 Å². The number of benzene rings is 1. The Morgan fingerprint density at radius 3 is 2.88 bits per heavy atom. The highest BCUT2D eigenvalue weighted by Crippen LogP contribution is 2.24. The van der Waals surface area contributed by atoms with Gasteiger partial charge < -0.3 is 10.2 Å². The molecule has 3 nitrogen and oxygen atoms in total. The lowest BCUT2D eigenvalue weighted by Crippen LogP contribution is -2.36. The summed E-state index contributed by atoms with van der Waals surface area (Å²) < 4.78 is 26.0. The summed E-state index contributed by atoms with van der Waals surface area (Å²) in [6.07, 6.45) is 0. The molecule has 0 aliphatic carbocycles. The summed E-state index contributed by atoms with van der Waals surface area (Å²) in [6.45, 7) is 2.55. The monoisotopic (exact) mass is 258 g/mol. The van der Waals surface area contributed by atoms with Crippen LogP contribution in [0.2, 0.25) is 0 Å². The molecule has 1 fully saturated rings. The van der Waals surface area contributed by atoms with Crippen molar-refractivity contribution in [2.45, 2.75) is 12.3 Å². The van der Waals surface area contributed by atoms with Crippen LogP contribution >= 0.6 is 11.8 Å². The van der Waals surface area contributed by atoms with E-state index in [2.05, 4.69) is 5.32 Å². The summed E-state index contributed by atoms with van der Waals surface area (Å²) in [5, 5.41) is 2.52. The van der Waals surface area contributed by atoms with Gasteiger partial charge in [-0.05, 0) is 19.1 Å². The molecule has 1 unspecified atom stereocenters. The first kappa shape index (κ1) is 12.2. The number of amides is 2. The Hall–Kier alpha value is -1.30. The third kappa shape index (κ3) is 2.69. The maximum Gasteiger partial charge on any atom is 0.322 e. The van der Waals surface area contributed by atoms with Gasteiger partial charge in [-0.1, -0.05) is 0 Å². The van der Waals surface area contributed by atoms with Gasteiger partial charge in [-0.2, -0.15) is 0 Å². The van der Waals surface area contributed by atoms with Gasteiger partial charge in [0.15, 0.2) is 0 Å². The molecule has 1 heterocycles. The molecule has 1 aliphatic rings. The minimum atomic E-state index is -0.766. The first-order valence-corrected chi connectivity index (χ1v) is 6.27. The van der Waals surface area contributed by atoms with Crippen LogP contribution in [0.25, 0.3) is 0 Å². The summed E-state index contributed by atoms with van der Waals surface area (Å²) in [5.74, 6) is -0.552. The predicted octanol–water partition coefficient (Wildman–Crippen LogP) is 2.89. The van der Waals surface area contributed by atoms with Gasteiger partial charge in [0, 0.05) is 18.4 Å². The van der Waals surface area contributed by atoms with Gasteiger partial charge in [0.1, 0.15) is 11.6 Å². The molecule has 1 aromatic rings. The van der Waals surface area contributed by atoms with E-state index in [-0.39, 0.29) is 17.1 Å². The number of halogens is 2. The number of carbonyl (C=O) groups is 1. The number of nitrogens with one attached hydrogen (secondary N) is 1. The molecule has 0 bridgehead atoms. The molecule has 2 amide bonds. The van der Waals surface area contributed by atoms with Crippen molar-refractivity contribution in [2.75, 3.05) is 17.6 Å². The smallest absolute Gasteiger partial charge is 0.312 e. The third-order valence-corrected chi connectivity index (χ3v) is 3.72. The predicted molar refractivity (Wildman–Crippen MR) is 64.0 cm³/mol. The van der Waals surface area contributed by atoms with E-state index in [1.807, 2.05) is 6.92 Å². The van der Waals surface area contributed by atoms with Crippen molar-refractivity contribution < 1.29 is 13.6 Å². The fourth-order valence-corrected chi connectivity index (χ4v) is 2.66. The van der Waals surface area contributed by atoms with Crippen LogP contribution in [0, 0.1) is 11.6 Å². The first-order valence-electron chi connectivity index (χ1n) is 5.22. The minimum Gasteiger partial charge on any atom is -0.312 e. The Balaban J connectivity index is 2.07. The van der Waals surface area contributed by atoms with Gasteiger partial charge in [-0.25, -0.2) is 13.6 Å². The van der Waals surface area contributed by atoms with E-state index in [4.69, 9.17) is 0 Å². The van der Waals surface area contributed by atoms with E-state index in [1.54, 1.807) is 16.7 Å². The van der Waals surface area contributed by atoms with Gasteiger partial charge in [-0.15, -0.1) is 11.8 Å². The highest BCUT2D eigenvalue weighted by Gasteiger charge is 2.26. The van der Waals surface area contributed by atoms with E-state index >= 15 is 0 Å². The van der Waals surface area contributed by atoms with E-state index in [9.17, 15) is 13.6 Å². The number of thioether (sulfide) groups is 1. The number of hydrogen-bond donors (Lipinski definition) is 1. The second-order valence-corrected chi connectivity index (χ2v) is 5.14. The second kappa shape index (κ2) is 4.91. The number of rotatable bonds is 1. The number of urea groups is 1. The first-order chi connectivity index (χ1) is 8.08. The van der Waals surface area contributed by atoms with Crippen molar-refractivity contribution in [3.63, 3.8) is 0 Å². The molecule has 17 heavy (non-hydrogen) atoms. The molecule has 2 rings (SSSR count). The number of hydrogen-bond acceptors (Lipinski definition) is 2. The largest absolute Gasteiger partial charge is 0.322 e. The third-order valence-electron chi connectivity index (χ3n) is 2.56. The molecule has 6 heteroatoms. The van der Waals surface area contributed by atoms with Gasteiger partial charge in [-0.3, -0.25) is 0 Å². The minimum absolute atomic E-state index is 0.000463. The Kier molecular flexibility index (Phi) is 3.51. The fourth-order valence-electron chi connectivity index (χ4n) is 1.64. The van der Waals surface area contributed by atoms with Crippen LogP contribution in [0.15, 0.2) is 18.2 Å². The molecule has 1 saturated heterocycles. The topological polar surface area (TPSA) is 32.3 Å². The summed E-state index contributed by atoms with van der Waals surface area (Å²) in [5.41, 5.74) is 0.000463. The van der Waals surface area contributed by atoms with Crippen LogP contribution in [0.5, 0.6) is 0 Å². The lowest BCUT2D eigenvalue weighted by atomic mass is 10.3. The van der Waals surface area contributed by atoms with Crippen LogP contribution < -0.4 is 5.32 Å². The van der Waals surface area contributed by atoms with Gasteiger partial charge in [0.05, 0.1) is 11.1 Å². The van der Waals surface area contributed by atoms with E-state index in [0.717, 1.165) is 17.9 Å². The average Bonchev–Trinajstić information content (AvgIpc) is 2.68. The van der Waals surface area contributed by atoms with E-state index in [1.165, 1.54) is 6.07 Å². The van der Waals surface area contributed by atoms with Crippen LogP contribution in [0.3, 0.4) is 0 Å². The molecular weight excluding hydrogens is 246 g/mol. The Labute approximate surface area is 102 Å². The Bertz CT molecular complexity index is 441. The van der Waals surface area contributed by atoms with Gasteiger partial charge in [0.25, 0.3) is 0 Å². The quantitative estimate of drug-likeness (QED) is 0.840. The zero-order chi connectivity index (χ0) is 12.4. The number of carbonyl (C=O) groups excluding carboxylic acids is 1. The summed E-state index contributed by atoms with van der Waals surface area (Å²) in [6, 6.07) is 2.72. The molecule has 1 aliphatic heterocycles. The van der Waals surface area contributed by atoms with Crippen molar-refractivity contribution in [2.24, 2.45) is 0 Å². The summed E-state index contributed by atoms with van der Waals surface area (Å²) in [4.78, 5) is 13.4. The standard InChI is InChI=1S/C11H12F2N2OS/c1-7-15(4-5-17-7)11(16)14-10-3-2-8(12)6-9(10)13/h2-3,6-7H,4-5H2,1H3,(H,14,16). The molecule has 92 valence electrons. The molecule has 1 N–H and O–H groups in total. The second-order valence-electron chi connectivity index (χ2n) is 3.72. The lowest BCUT2D eigenvalue weighted by Gasteiger charge is -2.21. The van der Waals surface area contributed by atoms with Crippen molar-refractivity contribution >= 4 is 23.5 Å². The maximum atomic E-state index is 13.3. The van der Waals surface area contributed by atoms with Gasteiger partial charge in [0.2, 0.25) is 0 Å². The van der Waals surface area contributed by atoms with Crippen LogP contribution in [-0.4, -0.2) is 28.6 Å². The normalized spacial score (nSPS) is 19.5. The number of anilines is 1. The lowest BCUT2D eigenvalue weighted by molar-refractivity contribution is 0.216. The summed E-state index contributed by atoms with van der Waals surface area (Å²) >= 11 is 1.66. The maximum absolute atomic E-state index is 13.3. The van der Waals surface area contributed by atoms with Crippen molar-refractivity contribution in [1.82, 2.24) is 4.90 Å². The van der Waals surface area contributed by atoms with Crippen molar-refractivity contribution in [3.8, 4) is 0 Å².